The first-order chi connectivity index (χ1) is 13.8. The largest absolute Gasteiger partial charge is 0.494 e. The van der Waals surface area contributed by atoms with E-state index in [-0.39, 0.29) is 39.9 Å². The van der Waals surface area contributed by atoms with Crippen LogP contribution in [0.1, 0.15) is 19.8 Å². The molecule has 11 heteroatoms. The molecule has 0 amide bonds. The van der Waals surface area contributed by atoms with Gasteiger partial charge in [-0.05, 0) is 18.6 Å². The van der Waals surface area contributed by atoms with Crippen molar-refractivity contribution in [2.24, 2.45) is 0 Å². The molecule has 0 spiro atoms. The molecule has 0 heterocycles. The van der Waals surface area contributed by atoms with E-state index in [1.165, 1.54) is 12.1 Å². The van der Waals surface area contributed by atoms with Crippen molar-refractivity contribution in [3.8, 4) is 23.6 Å². The van der Waals surface area contributed by atoms with Crippen LogP contribution in [-0.2, 0) is 14.6 Å². The number of benzene rings is 1. The van der Waals surface area contributed by atoms with Gasteiger partial charge in [-0.2, -0.15) is 8.42 Å². The normalized spacial score (nSPS) is 12.5. The van der Waals surface area contributed by atoms with Gasteiger partial charge in [0.2, 0.25) is 0 Å². The monoisotopic (exact) mass is 416 g/mol. The maximum atomic E-state index is 10.6. The van der Waals surface area contributed by atoms with E-state index >= 15 is 0 Å². The van der Waals surface area contributed by atoms with Gasteiger partial charge in [0.15, 0.2) is 0 Å². The van der Waals surface area contributed by atoms with Crippen LogP contribution >= 0.6 is 0 Å². The van der Waals surface area contributed by atoms with E-state index in [1.807, 2.05) is 6.92 Å². The molecule has 150 valence electrons. The predicted molar refractivity (Wildman–Crippen MR) is 100 cm³/mol. The quantitative estimate of drug-likeness (QED) is 0.360. The Balaban J connectivity index is 3.60. The van der Waals surface area contributed by atoms with Gasteiger partial charge in [-0.3, -0.25) is 4.55 Å². The van der Waals surface area contributed by atoms with Crippen LogP contribution in [0.5, 0.6) is 11.5 Å². The van der Waals surface area contributed by atoms with Crippen molar-refractivity contribution in [2.75, 3.05) is 19.8 Å². The fourth-order valence-electron chi connectivity index (χ4n) is 2.08. The van der Waals surface area contributed by atoms with Gasteiger partial charge in [-0.1, -0.05) is 13.3 Å². The van der Waals surface area contributed by atoms with Crippen molar-refractivity contribution in [1.82, 2.24) is 0 Å². The zero-order valence-electron chi connectivity index (χ0n) is 15.4. The van der Waals surface area contributed by atoms with Crippen LogP contribution in [-0.4, -0.2) is 32.8 Å². The molecule has 0 bridgehead atoms. The zero-order chi connectivity index (χ0) is 21.9. The molecule has 0 fully saturated rings. The maximum absolute atomic E-state index is 10.6. The molecule has 1 rings (SSSR count). The second kappa shape index (κ2) is 11.3. The minimum absolute atomic E-state index is 0.0480. The summed E-state index contributed by atoms with van der Waals surface area (Å²) in [5, 5.41) is 18.6. The summed E-state index contributed by atoms with van der Waals surface area (Å²) in [5.74, 6) is 0.0877. The highest BCUT2D eigenvalue weighted by Gasteiger charge is 2.12. The number of ether oxygens (including phenoxy) is 2. The number of rotatable bonds is 9. The smallest absolute Gasteiger partial charge is 0.397 e. The summed E-state index contributed by atoms with van der Waals surface area (Å²) in [6, 6.07) is 6.06. The lowest BCUT2D eigenvalue weighted by atomic mass is 10.1. The van der Waals surface area contributed by atoms with Crippen molar-refractivity contribution < 1.29 is 26.6 Å². The van der Waals surface area contributed by atoms with E-state index in [4.69, 9.17) is 27.2 Å². The lowest BCUT2D eigenvalue weighted by molar-refractivity contribution is 0.200. The molecule has 0 saturated carbocycles. The second-order valence-electron chi connectivity index (χ2n) is 5.29. The minimum atomic E-state index is -4.66. The van der Waals surface area contributed by atoms with Gasteiger partial charge in [0, 0.05) is 10.4 Å². The Bertz CT molecular complexity index is 1120. The standard InChI is InChI=1S/C18H16N4O6S/c1-4-5-6-26-17-9-14(16(12-20)22-3)18(10-13(17)15(11-19)21-2)27-7-8-28-29(23,24)25/h9-10H,4-8H2,1H3,(H,23,24,25). The summed E-state index contributed by atoms with van der Waals surface area (Å²) >= 11 is 0. The number of hydrogen-bond donors (Lipinski definition) is 1. The van der Waals surface area contributed by atoms with Gasteiger partial charge >= 0.3 is 10.4 Å². The van der Waals surface area contributed by atoms with Crippen LogP contribution in [0.4, 0.5) is 0 Å². The Morgan fingerprint density at radius 2 is 1.52 bits per heavy atom. The molecule has 1 N–H and O–H groups in total. The van der Waals surface area contributed by atoms with E-state index < -0.39 is 17.0 Å². The molecule has 0 atom stereocenters. The summed E-state index contributed by atoms with van der Waals surface area (Å²) in [7, 11) is -4.66. The third-order valence-electron chi connectivity index (χ3n) is 3.36. The molecule has 0 aliphatic heterocycles. The first-order valence-corrected chi connectivity index (χ1v) is 9.53. The first-order valence-electron chi connectivity index (χ1n) is 8.16. The highest BCUT2D eigenvalue weighted by Crippen LogP contribution is 2.13. The fraction of sp³-hybridized carbons (Fsp3) is 0.333. The molecule has 0 saturated heterocycles. The number of unbranched alkanes of at least 4 members (excludes halogenated alkanes) is 1. The van der Waals surface area contributed by atoms with Crippen molar-refractivity contribution >= 4 is 21.8 Å². The van der Waals surface area contributed by atoms with E-state index in [0.717, 1.165) is 6.42 Å². The Kier molecular flexibility index (Phi) is 9.12. The van der Waals surface area contributed by atoms with E-state index in [1.54, 1.807) is 12.1 Å². The summed E-state index contributed by atoms with van der Waals surface area (Å²) in [4.78, 5) is 6.28. The van der Waals surface area contributed by atoms with E-state index in [9.17, 15) is 18.9 Å². The third kappa shape index (κ3) is 7.14. The molecule has 0 radical (unpaired) electrons. The summed E-state index contributed by atoms with van der Waals surface area (Å²) in [6.45, 7) is 15.7. The van der Waals surface area contributed by atoms with Crippen molar-refractivity contribution in [1.29, 1.82) is 10.5 Å². The lowest BCUT2D eigenvalue weighted by Crippen LogP contribution is -2.21. The van der Waals surface area contributed by atoms with Crippen molar-refractivity contribution in [3.05, 3.63) is 45.4 Å². The molecule has 0 aliphatic rings. The van der Waals surface area contributed by atoms with Gasteiger partial charge < -0.3 is 9.47 Å². The second-order valence-corrected chi connectivity index (χ2v) is 6.38. The molecular weight excluding hydrogens is 400 g/mol. The molecular formula is C18H16N4O6S. The molecule has 1 aromatic rings. The number of hydrogen-bond acceptors (Lipinski definition) is 7. The van der Waals surface area contributed by atoms with Gasteiger partial charge in [0.1, 0.15) is 24.7 Å². The molecule has 10 nitrogen and oxygen atoms in total. The molecule has 29 heavy (non-hydrogen) atoms. The molecule has 1 aromatic carbocycles. The average molecular weight is 416 g/mol. The van der Waals surface area contributed by atoms with Crippen LogP contribution < -0.4 is 19.9 Å². The van der Waals surface area contributed by atoms with Gasteiger partial charge in [0.05, 0.1) is 31.9 Å². The maximum Gasteiger partial charge on any atom is 0.397 e. The van der Waals surface area contributed by atoms with Crippen LogP contribution in [0.15, 0.2) is 12.1 Å². The van der Waals surface area contributed by atoms with E-state index in [2.05, 4.69) is 13.9 Å². The Morgan fingerprint density at radius 3 is 1.90 bits per heavy atom. The highest BCUT2D eigenvalue weighted by molar-refractivity contribution is 7.80. The molecule has 0 aliphatic carbocycles. The van der Waals surface area contributed by atoms with Crippen molar-refractivity contribution in [3.63, 3.8) is 0 Å². The van der Waals surface area contributed by atoms with Gasteiger partial charge in [-0.25, -0.2) is 24.4 Å². The summed E-state index contributed by atoms with van der Waals surface area (Å²) in [6.07, 6.45) is 1.55. The SMILES string of the molecule is [C-]#[N+]C(C#N)=c1cc(OCCOS(=O)(=O)O)c(=C(C#N)[N+]#[C-])cc1OCCCC. The summed E-state index contributed by atoms with van der Waals surface area (Å²) < 4.78 is 44.9. The van der Waals surface area contributed by atoms with Crippen molar-refractivity contribution in [2.45, 2.75) is 19.8 Å². The Hall–Kier alpha value is -3.61. The Labute approximate surface area is 168 Å². The number of nitrogens with zero attached hydrogens (tertiary/aromatic N) is 4. The first kappa shape index (κ1) is 23.4. The van der Waals surface area contributed by atoms with Crippen LogP contribution in [0.25, 0.3) is 21.1 Å². The highest BCUT2D eigenvalue weighted by atomic mass is 32.3. The molecule has 0 aromatic heterocycles. The lowest BCUT2D eigenvalue weighted by Gasteiger charge is -2.12. The molecule has 0 unspecified atom stereocenters. The third-order valence-corrected chi connectivity index (χ3v) is 3.82. The predicted octanol–water partition coefficient (Wildman–Crippen LogP) is 1.17. The topological polar surface area (TPSA) is 138 Å². The zero-order valence-corrected chi connectivity index (χ0v) is 16.2. The number of nitriles is 2. The van der Waals surface area contributed by atoms with Crippen LogP contribution in [0.2, 0.25) is 0 Å². The van der Waals surface area contributed by atoms with Crippen LogP contribution in [0.3, 0.4) is 0 Å². The average Bonchev–Trinajstić information content (AvgIpc) is 2.68. The van der Waals surface area contributed by atoms with Crippen LogP contribution in [0, 0.1) is 35.8 Å². The van der Waals surface area contributed by atoms with E-state index in [0.29, 0.717) is 13.0 Å². The van der Waals surface area contributed by atoms with Gasteiger partial charge in [-0.15, -0.1) is 0 Å². The fourth-order valence-corrected chi connectivity index (χ4v) is 2.36. The minimum Gasteiger partial charge on any atom is -0.494 e. The summed E-state index contributed by atoms with van der Waals surface area (Å²) in [5.41, 5.74) is -0.618. The van der Waals surface area contributed by atoms with Gasteiger partial charge in [0.25, 0.3) is 11.4 Å². The Morgan fingerprint density at radius 1 is 1.03 bits per heavy atom.